The summed E-state index contributed by atoms with van der Waals surface area (Å²) in [6.07, 6.45) is 11.8. The van der Waals surface area contributed by atoms with E-state index in [9.17, 15) is 4.79 Å². The van der Waals surface area contributed by atoms with E-state index in [-0.39, 0.29) is 11.8 Å². The van der Waals surface area contributed by atoms with Crippen molar-refractivity contribution in [3.63, 3.8) is 0 Å². The maximum Gasteiger partial charge on any atom is 0.246 e. The molecule has 0 radical (unpaired) electrons. The summed E-state index contributed by atoms with van der Waals surface area (Å²) in [5.74, 6) is 0.819. The summed E-state index contributed by atoms with van der Waals surface area (Å²) < 4.78 is 0. The number of benzene rings is 2. The Morgan fingerprint density at radius 3 is 2.37 bits per heavy atom. The standard InChI is InChI=1S/C29H29N5O/c1-20(23-10-8-22(16-30)9-11-23)17-33-28(25-6-4-3-5-7-25)29(35)34-27-14-12-24(13-15-27)26-18-31-21(2)32-19-26/h4,6-15,18-20,28,33H,3,5,17H2,1-2H3,(H,34,35). The second-order valence-electron chi connectivity index (χ2n) is 8.75. The lowest BCUT2D eigenvalue weighted by Gasteiger charge is -2.23. The number of hydrogen-bond acceptors (Lipinski definition) is 5. The summed E-state index contributed by atoms with van der Waals surface area (Å²) in [5.41, 5.74) is 5.41. The highest BCUT2D eigenvalue weighted by atomic mass is 16.2. The van der Waals surface area contributed by atoms with E-state index in [1.165, 1.54) is 0 Å². The zero-order valence-electron chi connectivity index (χ0n) is 20.0. The average molecular weight is 464 g/mol. The molecule has 2 atom stereocenters. The van der Waals surface area contributed by atoms with Crippen LogP contribution in [0.1, 0.15) is 42.6 Å². The largest absolute Gasteiger partial charge is 0.324 e. The van der Waals surface area contributed by atoms with E-state index in [0.717, 1.165) is 46.6 Å². The van der Waals surface area contributed by atoms with E-state index in [0.29, 0.717) is 12.1 Å². The van der Waals surface area contributed by atoms with Crippen LogP contribution in [0.2, 0.25) is 0 Å². The number of anilines is 1. The summed E-state index contributed by atoms with van der Waals surface area (Å²) >= 11 is 0. The van der Waals surface area contributed by atoms with E-state index in [1.54, 1.807) is 12.4 Å². The van der Waals surface area contributed by atoms with E-state index >= 15 is 0 Å². The topological polar surface area (TPSA) is 90.7 Å². The summed E-state index contributed by atoms with van der Waals surface area (Å²) in [5, 5.41) is 15.6. The normalized spacial score (nSPS) is 14.5. The van der Waals surface area contributed by atoms with Crippen LogP contribution in [0.3, 0.4) is 0 Å². The van der Waals surface area contributed by atoms with Crippen molar-refractivity contribution in [1.29, 1.82) is 5.26 Å². The van der Waals surface area contributed by atoms with Gasteiger partial charge >= 0.3 is 0 Å². The van der Waals surface area contributed by atoms with Gasteiger partial charge in [-0.3, -0.25) is 4.79 Å². The molecule has 1 aliphatic carbocycles. The highest BCUT2D eigenvalue weighted by molar-refractivity contribution is 5.97. The summed E-state index contributed by atoms with van der Waals surface area (Å²) in [7, 11) is 0. The van der Waals surface area contributed by atoms with Gasteiger partial charge in [-0.2, -0.15) is 5.26 Å². The minimum atomic E-state index is -0.461. The number of allylic oxidation sites excluding steroid dienone is 2. The number of nitriles is 1. The van der Waals surface area contributed by atoms with Crippen LogP contribution in [0, 0.1) is 18.3 Å². The van der Waals surface area contributed by atoms with Gasteiger partial charge in [0.05, 0.1) is 11.6 Å². The first kappa shape index (κ1) is 24.1. The number of aromatic nitrogens is 2. The van der Waals surface area contributed by atoms with Gasteiger partial charge in [0.1, 0.15) is 11.9 Å². The van der Waals surface area contributed by atoms with Crippen LogP contribution in [-0.2, 0) is 4.79 Å². The molecular formula is C29H29N5O. The van der Waals surface area contributed by atoms with Crippen LogP contribution in [0.15, 0.2) is 84.7 Å². The summed E-state index contributed by atoms with van der Waals surface area (Å²) in [6.45, 7) is 4.60. The number of carbonyl (C=O) groups is 1. The van der Waals surface area contributed by atoms with Crippen LogP contribution >= 0.6 is 0 Å². The van der Waals surface area contributed by atoms with E-state index in [1.807, 2.05) is 61.5 Å². The van der Waals surface area contributed by atoms with Gasteiger partial charge in [-0.1, -0.05) is 49.4 Å². The minimum absolute atomic E-state index is 0.0961. The van der Waals surface area contributed by atoms with Crippen LogP contribution < -0.4 is 10.6 Å². The molecule has 6 nitrogen and oxygen atoms in total. The quantitative estimate of drug-likeness (QED) is 0.473. The number of amides is 1. The van der Waals surface area contributed by atoms with Crippen molar-refractivity contribution in [3.8, 4) is 17.2 Å². The Morgan fingerprint density at radius 1 is 1.03 bits per heavy atom. The zero-order valence-corrected chi connectivity index (χ0v) is 20.0. The third-order valence-electron chi connectivity index (χ3n) is 6.12. The molecule has 0 fully saturated rings. The maximum atomic E-state index is 13.3. The molecule has 2 aromatic carbocycles. The molecule has 6 heteroatoms. The van der Waals surface area contributed by atoms with Crippen molar-refractivity contribution < 1.29 is 4.79 Å². The van der Waals surface area contributed by atoms with Gasteiger partial charge in [0.15, 0.2) is 0 Å². The summed E-state index contributed by atoms with van der Waals surface area (Å²) in [4.78, 5) is 21.8. The molecule has 1 aliphatic rings. The molecular weight excluding hydrogens is 434 g/mol. The van der Waals surface area contributed by atoms with Crippen molar-refractivity contribution in [2.24, 2.45) is 0 Å². The molecule has 0 spiro atoms. The molecule has 1 aromatic heterocycles. The number of nitrogens with zero attached hydrogens (tertiary/aromatic N) is 3. The Kier molecular flexibility index (Phi) is 7.81. The predicted octanol–water partition coefficient (Wildman–Crippen LogP) is 5.30. The molecule has 0 saturated carbocycles. The zero-order chi connectivity index (χ0) is 24.6. The molecule has 2 N–H and O–H groups in total. The Hall–Kier alpha value is -4.08. The number of carbonyl (C=O) groups excluding carboxylic acids is 1. The number of aryl methyl sites for hydroxylation is 1. The smallest absolute Gasteiger partial charge is 0.246 e. The van der Waals surface area contributed by atoms with Gasteiger partial charge in [-0.05, 0) is 66.6 Å². The number of hydrogen-bond donors (Lipinski definition) is 2. The van der Waals surface area contributed by atoms with Gasteiger partial charge in [0.2, 0.25) is 5.91 Å². The lowest BCUT2D eigenvalue weighted by Crippen LogP contribution is -2.43. The molecule has 2 unspecified atom stereocenters. The molecule has 3 aromatic rings. The second-order valence-corrected chi connectivity index (χ2v) is 8.75. The summed E-state index contributed by atoms with van der Waals surface area (Å²) in [6, 6.07) is 17.0. The third-order valence-corrected chi connectivity index (χ3v) is 6.12. The molecule has 0 aliphatic heterocycles. The van der Waals surface area contributed by atoms with Gasteiger partial charge in [-0.25, -0.2) is 9.97 Å². The van der Waals surface area contributed by atoms with Gasteiger partial charge in [0, 0.05) is 30.2 Å². The van der Waals surface area contributed by atoms with Crippen molar-refractivity contribution in [2.45, 2.75) is 38.6 Å². The fourth-order valence-electron chi connectivity index (χ4n) is 4.01. The van der Waals surface area contributed by atoms with Crippen molar-refractivity contribution in [3.05, 3.63) is 102 Å². The number of rotatable bonds is 8. The third kappa shape index (κ3) is 6.28. The highest BCUT2D eigenvalue weighted by Crippen LogP contribution is 2.22. The number of nitrogens with one attached hydrogen (secondary N) is 2. The fourth-order valence-corrected chi connectivity index (χ4v) is 4.01. The van der Waals surface area contributed by atoms with Gasteiger partial charge in [0.25, 0.3) is 0 Å². The van der Waals surface area contributed by atoms with Gasteiger partial charge in [-0.15, -0.1) is 0 Å². The van der Waals surface area contributed by atoms with Gasteiger partial charge < -0.3 is 10.6 Å². The lowest BCUT2D eigenvalue weighted by molar-refractivity contribution is -0.117. The first-order valence-electron chi connectivity index (χ1n) is 11.8. The molecule has 0 saturated heterocycles. The molecule has 35 heavy (non-hydrogen) atoms. The van der Waals surface area contributed by atoms with Crippen LogP contribution in [-0.4, -0.2) is 28.5 Å². The second kappa shape index (κ2) is 11.4. The molecule has 176 valence electrons. The predicted molar refractivity (Wildman–Crippen MR) is 139 cm³/mol. The molecule has 4 rings (SSSR count). The Morgan fingerprint density at radius 2 is 1.74 bits per heavy atom. The minimum Gasteiger partial charge on any atom is -0.324 e. The van der Waals surface area contributed by atoms with E-state index in [4.69, 9.17) is 5.26 Å². The molecule has 0 bridgehead atoms. The molecule has 1 amide bonds. The van der Waals surface area contributed by atoms with Crippen LogP contribution in [0.25, 0.3) is 11.1 Å². The maximum absolute atomic E-state index is 13.3. The first-order valence-corrected chi connectivity index (χ1v) is 11.8. The Labute approximate surface area is 206 Å². The molecule has 1 heterocycles. The van der Waals surface area contributed by atoms with Crippen molar-refractivity contribution >= 4 is 11.6 Å². The van der Waals surface area contributed by atoms with Crippen LogP contribution in [0.4, 0.5) is 5.69 Å². The fraction of sp³-hybridized carbons (Fsp3) is 0.241. The van der Waals surface area contributed by atoms with Crippen molar-refractivity contribution in [2.75, 3.05) is 11.9 Å². The Bertz CT molecular complexity index is 1250. The van der Waals surface area contributed by atoms with Crippen LogP contribution in [0.5, 0.6) is 0 Å². The van der Waals surface area contributed by atoms with E-state index in [2.05, 4.69) is 45.7 Å². The Balaban J connectivity index is 1.44. The average Bonchev–Trinajstić information content (AvgIpc) is 2.90. The van der Waals surface area contributed by atoms with Crippen molar-refractivity contribution in [1.82, 2.24) is 15.3 Å². The van der Waals surface area contributed by atoms with E-state index < -0.39 is 6.04 Å². The lowest BCUT2D eigenvalue weighted by atomic mass is 9.96. The SMILES string of the molecule is Cc1ncc(-c2ccc(NC(=O)C(NCC(C)c3ccc(C#N)cc3)C3=CCCC=C3)cc2)cn1. The highest BCUT2D eigenvalue weighted by Gasteiger charge is 2.23. The first-order chi connectivity index (χ1) is 17.0. The monoisotopic (exact) mass is 463 g/mol.